The fourth-order valence-corrected chi connectivity index (χ4v) is 3.75. The van der Waals surface area contributed by atoms with Crippen LogP contribution in [0, 0.1) is 19.7 Å². The summed E-state index contributed by atoms with van der Waals surface area (Å²) in [6.45, 7) is 7.94. The molecule has 5 heteroatoms. The first-order valence-electron chi connectivity index (χ1n) is 9.96. The van der Waals surface area contributed by atoms with Gasteiger partial charge in [-0.3, -0.25) is 9.36 Å². The molecular weight excluding hydrogens is 377 g/mol. The highest BCUT2D eigenvalue weighted by Crippen LogP contribution is 2.31. The van der Waals surface area contributed by atoms with Crippen LogP contribution in [0.2, 0.25) is 0 Å². The normalized spacial score (nSPS) is 11.4. The van der Waals surface area contributed by atoms with Gasteiger partial charge in [-0.2, -0.15) is 0 Å². The van der Waals surface area contributed by atoms with E-state index in [1.54, 1.807) is 16.7 Å². The Hall–Kier alpha value is -3.47. The van der Waals surface area contributed by atoms with Crippen molar-refractivity contribution in [2.75, 3.05) is 5.73 Å². The summed E-state index contributed by atoms with van der Waals surface area (Å²) in [6.07, 6.45) is 1.87. The van der Waals surface area contributed by atoms with Crippen molar-refractivity contribution in [3.05, 3.63) is 87.6 Å². The van der Waals surface area contributed by atoms with E-state index in [-0.39, 0.29) is 11.5 Å². The smallest absolute Gasteiger partial charge is 0.263 e. The Kier molecular flexibility index (Phi) is 4.90. The lowest BCUT2D eigenvalue weighted by Gasteiger charge is -2.17. The number of rotatable bonds is 3. The summed E-state index contributed by atoms with van der Waals surface area (Å²) < 4.78 is 16.8. The molecule has 0 atom stereocenters. The standard InChI is InChI=1S/C25H24FN3O/c1-14(2)20-13-29(23-8-6-5-7-15(23)3)25(30)18-12-21(26)19(11-17(18)20)22-10-9-16(4)24(27)28-22/h5-14H,1-4H3,(H2,27,28). The Balaban J connectivity index is 2.05. The lowest BCUT2D eigenvalue weighted by atomic mass is 9.95. The van der Waals surface area contributed by atoms with Crippen molar-refractivity contribution >= 4 is 16.6 Å². The van der Waals surface area contributed by atoms with E-state index in [1.807, 2.05) is 50.4 Å². The molecule has 4 aromatic rings. The molecule has 30 heavy (non-hydrogen) atoms. The number of nitrogens with two attached hydrogens (primary N) is 1. The van der Waals surface area contributed by atoms with E-state index in [2.05, 4.69) is 18.8 Å². The van der Waals surface area contributed by atoms with Crippen LogP contribution in [-0.2, 0) is 0 Å². The van der Waals surface area contributed by atoms with Crippen molar-refractivity contribution in [1.82, 2.24) is 9.55 Å². The molecule has 0 amide bonds. The van der Waals surface area contributed by atoms with E-state index < -0.39 is 5.82 Å². The summed E-state index contributed by atoms with van der Waals surface area (Å²) in [5.74, 6) is 0.0105. The number of nitrogens with zero attached hydrogens (tertiary/aromatic N) is 2. The summed E-state index contributed by atoms with van der Waals surface area (Å²) in [5.41, 5.74) is 10.1. The summed E-state index contributed by atoms with van der Waals surface area (Å²) in [5, 5.41) is 1.09. The van der Waals surface area contributed by atoms with Crippen LogP contribution in [0.3, 0.4) is 0 Å². The molecule has 0 aliphatic carbocycles. The van der Waals surface area contributed by atoms with Gasteiger partial charge in [0.05, 0.1) is 16.8 Å². The number of hydrogen-bond acceptors (Lipinski definition) is 3. The zero-order chi connectivity index (χ0) is 21.6. The average molecular weight is 401 g/mol. The summed E-state index contributed by atoms with van der Waals surface area (Å²) >= 11 is 0. The second-order valence-electron chi connectivity index (χ2n) is 7.98. The van der Waals surface area contributed by atoms with Crippen LogP contribution >= 0.6 is 0 Å². The van der Waals surface area contributed by atoms with E-state index in [1.165, 1.54) is 6.07 Å². The Morgan fingerprint density at radius 1 is 1.00 bits per heavy atom. The molecular formula is C25H24FN3O. The monoisotopic (exact) mass is 401 g/mol. The van der Waals surface area contributed by atoms with Gasteiger partial charge in [-0.15, -0.1) is 0 Å². The minimum atomic E-state index is -0.493. The molecule has 0 fully saturated rings. The van der Waals surface area contributed by atoms with Crippen LogP contribution in [0.5, 0.6) is 0 Å². The maximum atomic E-state index is 15.1. The first-order valence-corrected chi connectivity index (χ1v) is 9.96. The van der Waals surface area contributed by atoms with Crippen molar-refractivity contribution in [2.45, 2.75) is 33.6 Å². The second-order valence-corrected chi connectivity index (χ2v) is 7.98. The Bertz CT molecular complexity index is 1340. The topological polar surface area (TPSA) is 60.9 Å². The number of fused-ring (bicyclic) bond motifs is 1. The van der Waals surface area contributed by atoms with Gasteiger partial charge in [-0.1, -0.05) is 38.1 Å². The quantitative estimate of drug-likeness (QED) is 0.492. The number of benzene rings is 2. The number of para-hydroxylation sites is 1. The zero-order valence-corrected chi connectivity index (χ0v) is 17.5. The van der Waals surface area contributed by atoms with Crippen molar-refractivity contribution in [3.63, 3.8) is 0 Å². The van der Waals surface area contributed by atoms with E-state index >= 15 is 4.39 Å². The minimum absolute atomic E-state index is 0.137. The third-order valence-corrected chi connectivity index (χ3v) is 5.54. The molecule has 0 saturated heterocycles. The van der Waals surface area contributed by atoms with Crippen LogP contribution in [0.1, 0.15) is 36.5 Å². The molecule has 2 N–H and O–H groups in total. The molecule has 0 saturated carbocycles. The van der Waals surface area contributed by atoms with Gasteiger partial charge < -0.3 is 5.73 Å². The number of aromatic nitrogens is 2. The molecule has 0 radical (unpaired) electrons. The molecule has 2 aromatic carbocycles. The predicted molar refractivity (Wildman–Crippen MR) is 121 cm³/mol. The fraction of sp³-hybridized carbons (Fsp3) is 0.200. The fourth-order valence-electron chi connectivity index (χ4n) is 3.75. The van der Waals surface area contributed by atoms with Gasteiger partial charge in [-0.05, 0) is 66.1 Å². The summed E-state index contributed by atoms with van der Waals surface area (Å²) in [6, 6.07) is 14.3. The highest BCUT2D eigenvalue weighted by molar-refractivity contribution is 5.90. The molecule has 0 unspecified atom stereocenters. The Morgan fingerprint density at radius 3 is 2.40 bits per heavy atom. The van der Waals surface area contributed by atoms with Crippen LogP contribution in [0.4, 0.5) is 10.2 Å². The lowest BCUT2D eigenvalue weighted by Crippen LogP contribution is -2.20. The van der Waals surface area contributed by atoms with Crippen molar-refractivity contribution in [2.24, 2.45) is 0 Å². The predicted octanol–water partition coefficient (Wildman–Crippen LogP) is 5.51. The van der Waals surface area contributed by atoms with Gasteiger partial charge in [0.15, 0.2) is 0 Å². The van der Waals surface area contributed by atoms with Crippen LogP contribution < -0.4 is 11.3 Å². The van der Waals surface area contributed by atoms with Crippen LogP contribution in [0.15, 0.2) is 59.5 Å². The maximum Gasteiger partial charge on any atom is 0.263 e. The van der Waals surface area contributed by atoms with Gasteiger partial charge in [0, 0.05) is 11.8 Å². The number of aryl methyl sites for hydroxylation is 2. The highest BCUT2D eigenvalue weighted by atomic mass is 19.1. The average Bonchev–Trinajstić information content (AvgIpc) is 2.71. The van der Waals surface area contributed by atoms with Gasteiger partial charge >= 0.3 is 0 Å². The molecule has 0 bridgehead atoms. The van der Waals surface area contributed by atoms with Gasteiger partial charge in [0.25, 0.3) is 5.56 Å². The molecule has 2 aromatic heterocycles. The van der Waals surface area contributed by atoms with E-state index in [9.17, 15) is 4.79 Å². The third-order valence-electron chi connectivity index (χ3n) is 5.54. The second kappa shape index (κ2) is 7.41. The van der Waals surface area contributed by atoms with Gasteiger partial charge in [0.2, 0.25) is 0 Å². The molecule has 4 rings (SSSR count). The largest absolute Gasteiger partial charge is 0.383 e. The van der Waals surface area contributed by atoms with Gasteiger partial charge in [0.1, 0.15) is 11.6 Å². The third kappa shape index (κ3) is 3.26. The van der Waals surface area contributed by atoms with Gasteiger partial charge in [-0.25, -0.2) is 9.37 Å². The van der Waals surface area contributed by atoms with E-state index in [0.29, 0.717) is 22.5 Å². The summed E-state index contributed by atoms with van der Waals surface area (Å²) in [7, 11) is 0. The first kappa shape index (κ1) is 19.8. The molecule has 0 spiro atoms. The van der Waals surface area contributed by atoms with Crippen molar-refractivity contribution in [3.8, 4) is 16.9 Å². The van der Waals surface area contributed by atoms with Crippen molar-refractivity contribution < 1.29 is 4.39 Å². The molecule has 2 heterocycles. The maximum absolute atomic E-state index is 15.1. The number of nitrogen functional groups attached to an aromatic ring is 1. The van der Waals surface area contributed by atoms with Crippen LogP contribution in [-0.4, -0.2) is 9.55 Å². The first-order chi connectivity index (χ1) is 14.3. The minimum Gasteiger partial charge on any atom is -0.383 e. The lowest BCUT2D eigenvalue weighted by molar-refractivity contribution is 0.632. The number of halogens is 1. The molecule has 152 valence electrons. The van der Waals surface area contributed by atoms with Crippen LogP contribution in [0.25, 0.3) is 27.7 Å². The molecule has 4 nitrogen and oxygen atoms in total. The zero-order valence-electron chi connectivity index (χ0n) is 17.5. The number of pyridine rings is 2. The molecule has 0 aliphatic rings. The Morgan fingerprint density at radius 2 is 1.73 bits per heavy atom. The SMILES string of the molecule is Cc1ccccc1-n1cc(C(C)C)c2cc(-c3ccc(C)c(N)n3)c(F)cc2c1=O. The van der Waals surface area contributed by atoms with E-state index in [0.717, 1.165) is 27.8 Å². The highest BCUT2D eigenvalue weighted by Gasteiger charge is 2.18. The number of hydrogen-bond donors (Lipinski definition) is 1. The number of anilines is 1. The van der Waals surface area contributed by atoms with Crippen molar-refractivity contribution in [1.29, 1.82) is 0 Å². The van der Waals surface area contributed by atoms with E-state index in [4.69, 9.17) is 5.73 Å². The summed E-state index contributed by atoms with van der Waals surface area (Å²) in [4.78, 5) is 17.7. The Labute approximate surface area is 174 Å². The molecule has 0 aliphatic heterocycles.